The first-order chi connectivity index (χ1) is 10.0. The Balaban J connectivity index is 2.47. The number of benzene rings is 2. The summed E-state index contributed by atoms with van der Waals surface area (Å²) in [5.74, 6) is 0.441. The van der Waals surface area contributed by atoms with Crippen molar-refractivity contribution in [3.05, 3.63) is 64.7 Å². The molecule has 0 aliphatic heterocycles. The summed E-state index contributed by atoms with van der Waals surface area (Å²) in [7, 11) is 0. The van der Waals surface area contributed by atoms with Crippen LogP contribution < -0.4 is 4.84 Å². The lowest BCUT2D eigenvalue weighted by atomic mass is 9.94. The van der Waals surface area contributed by atoms with Gasteiger partial charge in [-0.1, -0.05) is 35.5 Å². The van der Waals surface area contributed by atoms with E-state index in [1.807, 2.05) is 58.0 Å². The van der Waals surface area contributed by atoms with Crippen molar-refractivity contribution < 1.29 is 9.63 Å². The molecule has 2 aromatic rings. The molecule has 0 bridgehead atoms. The first-order valence-corrected chi connectivity index (χ1v) is 6.89. The van der Waals surface area contributed by atoms with Crippen molar-refractivity contribution in [3.63, 3.8) is 0 Å². The molecular formula is C18H19NO2. The first-order valence-electron chi connectivity index (χ1n) is 6.89. The van der Waals surface area contributed by atoms with Crippen molar-refractivity contribution in [1.29, 1.82) is 0 Å². The average Bonchev–Trinajstić information content (AvgIpc) is 2.45. The number of nitrogens with zero attached hydrogens (tertiary/aromatic N) is 1. The molecule has 0 saturated heterocycles. The fourth-order valence-corrected chi connectivity index (χ4v) is 2.18. The summed E-state index contributed by atoms with van der Waals surface area (Å²) in [6.45, 7) is 7.57. The zero-order valence-electron chi connectivity index (χ0n) is 12.8. The Morgan fingerprint density at radius 2 is 1.57 bits per heavy atom. The highest BCUT2D eigenvalue weighted by molar-refractivity contribution is 6.12. The van der Waals surface area contributed by atoms with Crippen LogP contribution in [0.5, 0.6) is 5.75 Å². The van der Waals surface area contributed by atoms with Crippen molar-refractivity contribution in [2.75, 3.05) is 0 Å². The minimum absolute atomic E-state index is 0.0369. The van der Waals surface area contributed by atoms with E-state index in [2.05, 4.69) is 5.16 Å². The predicted molar refractivity (Wildman–Crippen MR) is 85.2 cm³/mol. The van der Waals surface area contributed by atoms with Crippen LogP contribution in [0, 0.1) is 13.8 Å². The molecule has 2 rings (SSSR count). The molecule has 0 amide bonds. The van der Waals surface area contributed by atoms with Crippen LogP contribution in [0.4, 0.5) is 0 Å². The topological polar surface area (TPSA) is 38.7 Å². The number of aryl methyl sites for hydroxylation is 2. The van der Waals surface area contributed by atoms with Crippen LogP contribution >= 0.6 is 0 Å². The largest absolute Gasteiger partial charge is 0.356 e. The maximum absolute atomic E-state index is 12.8. The van der Waals surface area contributed by atoms with Gasteiger partial charge in [-0.2, -0.15) is 0 Å². The summed E-state index contributed by atoms with van der Waals surface area (Å²) in [4.78, 5) is 18.2. The standard InChI is InChI=1S/C18H19NO2/c1-12(2)19-21-16-11-6-5-10-15(16)18(20)17-13(3)8-7-9-14(17)4/h5-11H,1-4H3. The van der Waals surface area contributed by atoms with Gasteiger partial charge in [0.15, 0.2) is 11.5 Å². The van der Waals surface area contributed by atoms with Gasteiger partial charge in [-0.3, -0.25) is 4.79 Å². The second kappa shape index (κ2) is 6.35. The van der Waals surface area contributed by atoms with Crippen LogP contribution in [0.2, 0.25) is 0 Å². The van der Waals surface area contributed by atoms with Crippen molar-refractivity contribution in [2.45, 2.75) is 27.7 Å². The minimum Gasteiger partial charge on any atom is -0.356 e. The zero-order chi connectivity index (χ0) is 15.4. The van der Waals surface area contributed by atoms with Crippen LogP contribution in [-0.4, -0.2) is 11.5 Å². The van der Waals surface area contributed by atoms with Crippen molar-refractivity contribution in [3.8, 4) is 5.75 Å². The number of oxime groups is 1. The lowest BCUT2D eigenvalue weighted by Gasteiger charge is -2.11. The smallest absolute Gasteiger partial charge is 0.197 e. The average molecular weight is 281 g/mol. The Hall–Kier alpha value is -2.42. The molecule has 0 N–H and O–H groups in total. The second-order valence-electron chi connectivity index (χ2n) is 5.22. The summed E-state index contributed by atoms with van der Waals surface area (Å²) in [5, 5.41) is 3.94. The van der Waals surface area contributed by atoms with E-state index in [-0.39, 0.29) is 5.78 Å². The number of carbonyl (C=O) groups excluding carboxylic acids is 1. The highest BCUT2D eigenvalue weighted by Gasteiger charge is 2.18. The van der Waals surface area contributed by atoms with Crippen LogP contribution in [0.1, 0.15) is 40.9 Å². The van der Waals surface area contributed by atoms with Crippen LogP contribution in [0.25, 0.3) is 0 Å². The first kappa shape index (κ1) is 15.0. The van der Waals surface area contributed by atoms with E-state index in [0.717, 1.165) is 22.4 Å². The van der Waals surface area contributed by atoms with E-state index in [0.29, 0.717) is 11.3 Å². The fourth-order valence-electron chi connectivity index (χ4n) is 2.18. The molecule has 3 nitrogen and oxygen atoms in total. The molecule has 0 atom stereocenters. The van der Waals surface area contributed by atoms with Gasteiger partial charge >= 0.3 is 0 Å². The van der Waals surface area contributed by atoms with Gasteiger partial charge in [-0.15, -0.1) is 0 Å². The quantitative estimate of drug-likeness (QED) is 0.476. The zero-order valence-corrected chi connectivity index (χ0v) is 12.8. The van der Waals surface area contributed by atoms with Crippen molar-refractivity contribution >= 4 is 11.5 Å². The molecule has 0 fully saturated rings. The van der Waals surface area contributed by atoms with Gasteiger partial charge in [0, 0.05) is 5.56 Å². The summed E-state index contributed by atoms with van der Waals surface area (Å²) < 4.78 is 0. The highest BCUT2D eigenvalue weighted by atomic mass is 16.6. The number of para-hydroxylation sites is 1. The Bertz CT molecular complexity index is 678. The SMILES string of the molecule is CC(C)=NOc1ccccc1C(=O)c1c(C)cccc1C. The maximum Gasteiger partial charge on any atom is 0.197 e. The van der Waals surface area contributed by atoms with E-state index in [1.54, 1.807) is 12.1 Å². The summed E-state index contributed by atoms with van der Waals surface area (Å²) in [6.07, 6.45) is 0. The molecule has 0 aliphatic rings. The highest BCUT2D eigenvalue weighted by Crippen LogP contribution is 2.25. The Labute approximate surface area is 125 Å². The number of carbonyl (C=O) groups is 1. The predicted octanol–water partition coefficient (Wildman–Crippen LogP) is 4.31. The molecular weight excluding hydrogens is 262 g/mol. The van der Waals surface area contributed by atoms with E-state index in [1.165, 1.54) is 0 Å². The fraction of sp³-hybridized carbons (Fsp3) is 0.222. The van der Waals surface area contributed by atoms with Gasteiger partial charge in [0.25, 0.3) is 0 Å². The van der Waals surface area contributed by atoms with Gasteiger partial charge < -0.3 is 4.84 Å². The third-order valence-electron chi connectivity index (χ3n) is 3.17. The van der Waals surface area contributed by atoms with E-state index < -0.39 is 0 Å². The Kier molecular flexibility index (Phi) is 4.53. The van der Waals surface area contributed by atoms with Gasteiger partial charge in [0.2, 0.25) is 0 Å². The number of ketones is 1. The molecule has 3 heteroatoms. The Morgan fingerprint density at radius 1 is 0.952 bits per heavy atom. The van der Waals surface area contributed by atoms with E-state index in [4.69, 9.17) is 4.84 Å². The van der Waals surface area contributed by atoms with E-state index in [9.17, 15) is 4.79 Å². The third kappa shape index (κ3) is 3.37. The van der Waals surface area contributed by atoms with Gasteiger partial charge in [-0.25, -0.2) is 0 Å². The molecule has 2 aromatic carbocycles. The maximum atomic E-state index is 12.8. The van der Waals surface area contributed by atoms with Crippen LogP contribution in [0.15, 0.2) is 47.6 Å². The van der Waals surface area contributed by atoms with Crippen molar-refractivity contribution in [1.82, 2.24) is 0 Å². The number of rotatable bonds is 4. The molecule has 0 spiro atoms. The molecule has 0 aromatic heterocycles. The van der Waals surface area contributed by atoms with Gasteiger partial charge in [0.05, 0.1) is 11.3 Å². The summed E-state index contributed by atoms with van der Waals surface area (Å²) in [6, 6.07) is 13.0. The summed E-state index contributed by atoms with van der Waals surface area (Å²) in [5.41, 5.74) is 3.98. The molecule has 0 aliphatic carbocycles. The lowest BCUT2D eigenvalue weighted by Crippen LogP contribution is -2.08. The van der Waals surface area contributed by atoms with Gasteiger partial charge in [-0.05, 0) is 51.0 Å². The molecule has 0 saturated carbocycles. The molecule has 0 radical (unpaired) electrons. The molecule has 21 heavy (non-hydrogen) atoms. The number of hydrogen-bond donors (Lipinski definition) is 0. The lowest BCUT2D eigenvalue weighted by molar-refractivity contribution is 0.103. The van der Waals surface area contributed by atoms with Gasteiger partial charge in [0.1, 0.15) is 0 Å². The normalized spacial score (nSPS) is 10.1. The minimum atomic E-state index is -0.0369. The summed E-state index contributed by atoms with van der Waals surface area (Å²) >= 11 is 0. The van der Waals surface area contributed by atoms with Crippen molar-refractivity contribution in [2.24, 2.45) is 5.16 Å². The molecule has 0 heterocycles. The molecule has 0 unspecified atom stereocenters. The Morgan fingerprint density at radius 3 is 2.19 bits per heavy atom. The molecule has 108 valence electrons. The van der Waals surface area contributed by atoms with Crippen LogP contribution in [0.3, 0.4) is 0 Å². The second-order valence-corrected chi connectivity index (χ2v) is 5.22. The monoisotopic (exact) mass is 281 g/mol. The number of hydrogen-bond acceptors (Lipinski definition) is 3. The van der Waals surface area contributed by atoms with E-state index >= 15 is 0 Å². The van der Waals surface area contributed by atoms with Crippen LogP contribution in [-0.2, 0) is 0 Å². The third-order valence-corrected chi connectivity index (χ3v) is 3.17.